The van der Waals surface area contributed by atoms with E-state index < -0.39 is 0 Å². The number of allylic oxidation sites excluding steroid dienone is 1. The minimum atomic E-state index is 0.297. The van der Waals surface area contributed by atoms with Crippen LogP contribution in [0.4, 0.5) is 0 Å². The Labute approximate surface area is 106 Å². The number of nitrogens with zero attached hydrogens (tertiary/aromatic N) is 2. The Morgan fingerprint density at radius 3 is 2.41 bits per heavy atom. The van der Waals surface area contributed by atoms with Crippen molar-refractivity contribution >= 4 is 5.71 Å². The van der Waals surface area contributed by atoms with Crippen LogP contribution in [0, 0.1) is 0 Å². The molecule has 0 bridgehead atoms. The largest absolute Gasteiger partial charge is 0.288 e. The summed E-state index contributed by atoms with van der Waals surface area (Å²) < 4.78 is 0. The van der Waals surface area contributed by atoms with Crippen molar-refractivity contribution in [2.75, 3.05) is 13.1 Å². The second kappa shape index (κ2) is 6.15. The highest BCUT2D eigenvalue weighted by Crippen LogP contribution is 2.28. The van der Waals surface area contributed by atoms with Crippen molar-refractivity contribution < 1.29 is 0 Å². The van der Waals surface area contributed by atoms with Crippen LogP contribution >= 0.6 is 0 Å². The van der Waals surface area contributed by atoms with Gasteiger partial charge in [0.25, 0.3) is 0 Å². The number of rotatable bonds is 5. The van der Waals surface area contributed by atoms with Gasteiger partial charge in [-0.25, -0.2) is 0 Å². The van der Waals surface area contributed by atoms with Crippen LogP contribution in [-0.4, -0.2) is 29.2 Å². The highest BCUT2D eigenvalue weighted by atomic mass is 15.2. The second-order valence-electron chi connectivity index (χ2n) is 4.96. The summed E-state index contributed by atoms with van der Waals surface area (Å²) in [6.07, 6.45) is 7.41. The quantitative estimate of drug-likeness (QED) is 0.706. The molecule has 0 atom stereocenters. The maximum Gasteiger partial charge on any atom is 0.0585 e. The van der Waals surface area contributed by atoms with Gasteiger partial charge in [-0.2, -0.15) is 0 Å². The Kier molecular flexibility index (Phi) is 5.13. The Hall–Kier alpha value is -0.890. The number of aliphatic imine (C=N–C) groups is 1. The molecule has 0 aromatic rings. The predicted octanol–water partition coefficient (Wildman–Crippen LogP) is 3.80. The summed E-state index contributed by atoms with van der Waals surface area (Å²) >= 11 is 0. The third-order valence-corrected chi connectivity index (χ3v) is 4.06. The van der Waals surface area contributed by atoms with E-state index in [1.807, 2.05) is 0 Å². The van der Waals surface area contributed by atoms with Gasteiger partial charge in [0.2, 0.25) is 0 Å². The molecule has 0 radical (unpaired) electrons. The van der Waals surface area contributed by atoms with E-state index in [-0.39, 0.29) is 0 Å². The molecule has 1 heterocycles. The molecule has 96 valence electrons. The van der Waals surface area contributed by atoms with Gasteiger partial charge in [-0.05, 0) is 31.8 Å². The number of hydrogen-bond acceptors (Lipinski definition) is 2. The summed E-state index contributed by atoms with van der Waals surface area (Å²) in [7, 11) is 0. The molecule has 0 spiro atoms. The molecule has 0 unspecified atom stereocenters. The highest BCUT2D eigenvalue weighted by Gasteiger charge is 2.34. The van der Waals surface area contributed by atoms with Gasteiger partial charge in [-0.3, -0.25) is 9.89 Å². The zero-order valence-corrected chi connectivity index (χ0v) is 11.8. The van der Waals surface area contributed by atoms with Crippen LogP contribution in [0.25, 0.3) is 0 Å². The maximum absolute atomic E-state index is 4.43. The zero-order chi connectivity index (χ0) is 12.9. The average molecular weight is 234 g/mol. The Bertz CT molecular complexity index is 322. The standard InChI is InChI=1S/C15H26N2/c1-6-10-13-11-17(12-14(13)16-9-4)15(5,7-2)8-3/h9-10H,4,6-8,11-12H2,1-3,5H3/b13-10-,16-14?. The lowest BCUT2D eigenvalue weighted by atomic mass is 9.93. The van der Waals surface area contributed by atoms with Gasteiger partial charge in [-0.1, -0.05) is 33.4 Å². The Morgan fingerprint density at radius 2 is 1.94 bits per heavy atom. The lowest BCUT2D eigenvalue weighted by molar-refractivity contribution is 0.136. The van der Waals surface area contributed by atoms with E-state index in [1.54, 1.807) is 6.20 Å². The monoisotopic (exact) mass is 234 g/mol. The van der Waals surface area contributed by atoms with Gasteiger partial charge in [-0.15, -0.1) is 0 Å². The molecule has 1 saturated heterocycles. The molecule has 1 rings (SSSR count). The molecule has 0 N–H and O–H groups in total. The Balaban J connectivity index is 2.93. The van der Waals surface area contributed by atoms with Crippen molar-refractivity contribution in [2.24, 2.45) is 4.99 Å². The van der Waals surface area contributed by atoms with E-state index in [0.29, 0.717) is 5.54 Å². The van der Waals surface area contributed by atoms with Crippen molar-refractivity contribution in [2.45, 2.75) is 52.5 Å². The first-order valence-corrected chi connectivity index (χ1v) is 6.73. The van der Waals surface area contributed by atoms with Gasteiger partial charge in [0.15, 0.2) is 0 Å². The van der Waals surface area contributed by atoms with Crippen LogP contribution in [0.15, 0.2) is 29.4 Å². The highest BCUT2D eigenvalue weighted by molar-refractivity contribution is 6.04. The first kappa shape index (κ1) is 14.2. The lowest BCUT2D eigenvalue weighted by Crippen LogP contribution is -2.44. The summed E-state index contributed by atoms with van der Waals surface area (Å²) in [5, 5.41) is 0. The molecule has 0 amide bonds. The van der Waals surface area contributed by atoms with E-state index >= 15 is 0 Å². The molecule has 2 heteroatoms. The van der Waals surface area contributed by atoms with E-state index in [0.717, 1.165) is 19.5 Å². The van der Waals surface area contributed by atoms with E-state index in [9.17, 15) is 0 Å². The number of hydrogen-bond donors (Lipinski definition) is 0. The molecule has 1 aliphatic rings. The van der Waals surface area contributed by atoms with Gasteiger partial charge in [0.1, 0.15) is 0 Å². The lowest BCUT2D eigenvalue weighted by Gasteiger charge is -2.36. The molecular weight excluding hydrogens is 208 g/mol. The van der Waals surface area contributed by atoms with Crippen LogP contribution < -0.4 is 0 Å². The smallest absolute Gasteiger partial charge is 0.0585 e. The van der Waals surface area contributed by atoms with Crippen molar-refractivity contribution in [3.8, 4) is 0 Å². The van der Waals surface area contributed by atoms with Gasteiger partial charge in [0, 0.05) is 24.8 Å². The van der Waals surface area contributed by atoms with Gasteiger partial charge >= 0.3 is 0 Å². The summed E-state index contributed by atoms with van der Waals surface area (Å²) in [5.41, 5.74) is 2.89. The van der Waals surface area contributed by atoms with Crippen LogP contribution in [0.2, 0.25) is 0 Å². The minimum absolute atomic E-state index is 0.297. The normalized spacial score (nSPS) is 22.6. The number of likely N-dealkylation sites (tertiary alicyclic amines) is 1. The predicted molar refractivity (Wildman–Crippen MR) is 76.6 cm³/mol. The molecular formula is C15H26N2. The summed E-state index contributed by atoms with van der Waals surface area (Å²) in [5.74, 6) is 0. The van der Waals surface area contributed by atoms with Crippen LogP contribution in [-0.2, 0) is 0 Å². The average Bonchev–Trinajstić information content (AvgIpc) is 2.73. The molecule has 0 aliphatic carbocycles. The first-order valence-electron chi connectivity index (χ1n) is 6.73. The van der Waals surface area contributed by atoms with Crippen LogP contribution in [0.1, 0.15) is 47.0 Å². The Morgan fingerprint density at radius 1 is 1.29 bits per heavy atom. The van der Waals surface area contributed by atoms with E-state index in [2.05, 4.69) is 50.2 Å². The molecule has 1 aliphatic heterocycles. The van der Waals surface area contributed by atoms with Crippen molar-refractivity contribution in [3.63, 3.8) is 0 Å². The van der Waals surface area contributed by atoms with E-state index in [1.165, 1.54) is 24.1 Å². The molecule has 0 aromatic heterocycles. The van der Waals surface area contributed by atoms with Gasteiger partial charge in [0.05, 0.1) is 5.71 Å². The van der Waals surface area contributed by atoms with E-state index in [4.69, 9.17) is 0 Å². The molecule has 17 heavy (non-hydrogen) atoms. The fraction of sp³-hybridized carbons (Fsp3) is 0.667. The third-order valence-electron chi connectivity index (χ3n) is 4.06. The first-order chi connectivity index (χ1) is 8.11. The van der Waals surface area contributed by atoms with Gasteiger partial charge < -0.3 is 0 Å². The minimum Gasteiger partial charge on any atom is -0.288 e. The van der Waals surface area contributed by atoms with Crippen LogP contribution in [0.3, 0.4) is 0 Å². The summed E-state index contributed by atoms with van der Waals surface area (Å²) in [6.45, 7) is 14.8. The fourth-order valence-electron chi connectivity index (χ4n) is 2.38. The fourth-order valence-corrected chi connectivity index (χ4v) is 2.38. The molecule has 1 fully saturated rings. The zero-order valence-electron chi connectivity index (χ0n) is 11.8. The van der Waals surface area contributed by atoms with Crippen molar-refractivity contribution in [1.82, 2.24) is 4.90 Å². The van der Waals surface area contributed by atoms with Crippen molar-refractivity contribution in [1.29, 1.82) is 0 Å². The van der Waals surface area contributed by atoms with Crippen molar-refractivity contribution in [3.05, 3.63) is 24.4 Å². The third kappa shape index (κ3) is 3.06. The summed E-state index contributed by atoms with van der Waals surface area (Å²) in [6, 6.07) is 0. The topological polar surface area (TPSA) is 15.6 Å². The molecule has 2 nitrogen and oxygen atoms in total. The molecule has 0 saturated carbocycles. The molecule has 0 aromatic carbocycles. The second-order valence-corrected chi connectivity index (χ2v) is 4.96. The summed E-state index contributed by atoms with van der Waals surface area (Å²) in [4.78, 5) is 6.98. The van der Waals surface area contributed by atoms with Crippen LogP contribution in [0.5, 0.6) is 0 Å². The maximum atomic E-state index is 4.43. The SMILES string of the molecule is C=CN=C1CN(C(C)(CC)CC)C/C1=C/CC.